The van der Waals surface area contributed by atoms with Gasteiger partial charge >= 0.3 is 0 Å². The minimum absolute atomic E-state index is 0.397. The molecule has 17 heavy (non-hydrogen) atoms. The lowest BCUT2D eigenvalue weighted by atomic mass is 10.0. The van der Waals surface area contributed by atoms with Crippen LogP contribution in [-0.2, 0) is 6.42 Å². The second-order valence-corrected chi connectivity index (χ2v) is 4.34. The van der Waals surface area contributed by atoms with Crippen LogP contribution in [0.4, 0.5) is 0 Å². The van der Waals surface area contributed by atoms with Crippen molar-refractivity contribution in [2.75, 3.05) is 6.61 Å². The Kier molecular flexibility index (Phi) is 2.37. The van der Waals surface area contributed by atoms with Gasteiger partial charge in [0.1, 0.15) is 12.4 Å². The van der Waals surface area contributed by atoms with Crippen LogP contribution in [0.2, 0.25) is 0 Å². The Morgan fingerprint density at radius 2 is 2.41 bits per heavy atom. The first-order valence-electron chi connectivity index (χ1n) is 5.73. The molecule has 2 aromatic rings. The van der Waals surface area contributed by atoms with Crippen molar-refractivity contribution in [1.29, 1.82) is 0 Å². The second-order valence-electron chi connectivity index (χ2n) is 4.34. The molecule has 0 fully saturated rings. The molecule has 88 valence electrons. The maximum absolute atomic E-state index is 9.48. The standard InChI is InChI=1S/C13H14N2O2/c1-8(16)7-11-13-9-3-2-6-17-12(9)5-4-10(13)14-15-11/h2-5,8,16H,6-7H2,1H3,(H,14,15). The van der Waals surface area contributed by atoms with Gasteiger partial charge in [-0.1, -0.05) is 6.08 Å². The van der Waals surface area contributed by atoms with E-state index in [0.29, 0.717) is 13.0 Å². The van der Waals surface area contributed by atoms with Gasteiger partial charge in [0.2, 0.25) is 0 Å². The van der Waals surface area contributed by atoms with E-state index in [2.05, 4.69) is 16.3 Å². The van der Waals surface area contributed by atoms with Crippen LogP contribution >= 0.6 is 0 Å². The SMILES string of the molecule is CC(O)Cc1n[nH]c2ccc3c(c12)C=CCO3. The summed E-state index contributed by atoms with van der Waals surface area (Å²) in [6, 6.07) is 3.91. The molecular weight excluding hydrogens is 216 g/mol. The highest BCUT2D eigenvalue weighted by atomic mass is 16.5. The molecule has 0 saturated heterocycles. The first kappa shape index (κ1) is 10.4. The van der Waals surface area contributed by atoms with E-state index in [4.69, 9.17) is 4.74 Å². The number of rotatable bonds is 2. The predicted molar refractivity (Wildman–Crippen MR) is 66.0 cm³/mol. The number of aliphatic hydroxyl groups is 1. The zero-order chi connectivity index (χ0) is 11.8. The Morgan fingerprint density at radius 3 is 3.24 bits per heavy atom. The number of benzene rings is 1. The first-order chi connectivity index (χ1) is 8.25. The molecule has 0 amide bonds. The summed E-state index contributed by atoms with van der Waals surface area (Å²) in [4.78, 5) is 0. The molecule has 4 heteroatoms. The zero-order valence-corrected chi connectivity index (χ0v) is 9.60. The van der Waals surface area contributed by atoms with E-state index < -0.39 is 6.10 Å². The van der Waals surface area contributed by atoms with Crippen molar-refractivity contribution in [2.45, 2.75) is 19.4 Å². The summed E-state index contributed by atoms with van der Waals surface area (Å²) in [6.45, 7) is 2.38. The molecule has 0 radical (unpaired) electrons. The monoisotopic (exact) mass is 230 g/mol. The number of hydrogen-bond donors (Lipinski definition) is 2. The van der Waals surface area contributed by atoms with E-state index in [9.17, 15) is 5.11 Å². The van der Waals surface area contributed by atoms with Gasteiger partial charge in [-0.3, -0.25) is 5.10 Å². The molecule has 1 unspecified atom stereocenters. The summed E-state index contributed by atoms with van der Waals surface area (Å²) >= 11 is 0. The molecule has 1 aliphatic rings. The van der Waals surface area contributed by atoms with Crippen LogP contribution in [-0.4, -0.2) is 28.0 Å². The van der Waals surface area contributed by atoms with E-state index >= 15 is 0 Å². The van der Waals surface area contributed by atoms with E-state index in [1.807, 2.05) is 18.2 Å². The first-order valence-corrected chi connectivity index (χ1v) is 5.73. The smallest absolute Gasteiger partial charge is 0.127 e. The Hall–Kier alpha value is -1.81. The third-order valence-corrected chi connectivity index (χ3v) is 2.91. The normalized spacial score (nSPS) is 15.6. The maximum Gasteiger partial charge on any atom is 0.127 e. The number of fused-ring (bicyclic) bond motifs is 3. The minimum atomic E-state index is -0.397. The van der Waals surface area contributed by atoms with Crippen molar-refractivity contribution in [3.63, 3.8) is 0 Å². The van der Waals surface area contributed by atoms with Crippen molar-refractivity contribution < 1.29 is 9.84 Å². The zero-order valence-electron chi connectivity index (χ0n) is 9.60. The molecule has 1 aliphatic heterocycles. The minimum Gasteiger partial charge on any atom is -0.489 e. The largest absolute Gasteiger partial charge is 0.489 e. The molecule has 2 heterocycles. The summed E-state index contributed by atoms with van der Waals surface area (Å²) in [5, 5.41) is 17.8. The lowest BCUT2D eigenvalue weighted by Crippen LogP contribution is -2.06. The molecule has 0 saturated carbocycles. The number of ether oxygens (including phenoxy) is 1. The number of nitrogens with zero attached hydrogens (tertiary/aromatic N) is 1. The predicted octanol–water partition coefficient (Wildman–Crippen LogP) is 1.89. The third kappa shape index (κ3) is 1.70. The van der Waals surface area contributed by atoms with Crippen LogP contribution in [0.1, 0.15) is 18.2 Å². The molecule has 4 nitrogen and oxygen atoms in total. The van der Waals surface area contributed by atoms with Gasteiger partial charge in [-0.15, -0.1) is 0 Å². The van der Waals surface area contributed by atoms with Crippen LogP contribution in [0.5, 0.6) is 5.75 Å². The van der Waals surface area contributed by atoms with Gasteiger partial charge in [0, 0.05) is 17.4 Å². The topological polar surface area (TPSA) is 58.1 Å². The number of H-pyrrole nitrogens is 1. The van der Waals surface area contributed by atoms with Crippen LogP contribution in [0, 0.1) is 0 Å². The maximum atomic E-state index is 9.48. The average molecular weight is 230 g/mol. The number of aromatic nitrogens is 2. The van der Waals surface area contributed by atoms with Crippen LogP contribution < -0.4 is 4.74 Å². The van der Waals surface area contributed by atoms with Gasteiger partial charge in [0.15, 0.2) is 0 Å². The highest BCUT2D eigenvalue weighted by Gasteiger charge is 2.16. The summed E-state index contributed by atoms with van der Waals surface area (Å²) in [5.41, 5.74) is 2.93. The Morgan fingerprint density at radius 1 is 1.53 bits per heavy atom. The van der Waals surface area contributed by atoms with Crippen molar-refractivity contribution in [3.8, 4) is 5.75 Å². The highest BCUT2D eigenvalue weighted by Crippen LogP contribution is 2.32. The lowest BCUT2D eigenvalue weighted by Gasteiger charge is -2.13. The van der Waals surface area contributed by atoms with Gasteiger partial charge < -0.3 is 9.84 Å². The third-order valence-electron chi connectivity index (χ3n) is 2.91. The number of hydrogen-bond acceptors (Lipinski definition) is 3. The van der Waals surface area contributed by atoms with Gasteiger partial charge in [-0.05, 0) is 25.1 Å². The van der Waals surface area contributed by atoms with Crippen LogP contribution in [0.3, 0.4) is 0 Å². The molecule has 1 aromatic carbocycles. The molecule has 0 bridgehead atoms. The highest BCUT2D eigenvalue weighted by molar-refractivity contribution is 5.93. The molecular formula is C13H14N2O2. The summed E-state index contributed by atoms with van der Waals surface area (Å²) in [7, 11) is 0. The molecule has 3 rings (SSSR count). The number of aliphatic hydroxyl groups excluding tert-OH is 1. The fraction of sp³-hybridized carbons (Fsp3) is 0.308. The average Bonchev–Trinajstić information content (AvgIpc) is 2.72. The van der Waals surface area contributed by atoms with Gasteiger partial charge in [0.05, 0.1) is 17.3 Å². The number of aromatic amines is 1. The van der Waals surface area contributed by atoms with E-state index in [-0.39, 0.29) is 0 Å². The van der Waals surface area contributed by atoms with Crippen molar-refractivity contribution in [2.24, 2.45) is 0 Å². The molecule has 0 spiro atoms. The summed E-state index contributed by atoms with van der Waals surface area (Å²) in [5.74, 6) is 0.883. The van der Waals surface area contributed by atoms with Crippen molar-refractivity contribution in [1.82, 2.24) is 10.2 Å². The van der Waals surface area contributed by atoms with Crippen molar-refractivity contribution >= 4 is 17.0 Å². The fourth-order valence-electron chi connectivity index (χ4n) is 2.21. The van der Waals surface area contributed by atoms with E-state index in [1.165, 1.54) is 0 Å². The van der Waals surface area contributed by atoms with Crippen molar-refractivity contribution in [3.05, 3.63) is 29.5 Å². The van der Waals surface area contributed by atoms with Crippen LogP contribution in [0.15, 0.2) is 18.2 Å². The molecule has 0 aliphatic carbocycles. The van der Waals surface area contributed by atoms with Crippen LogP contribution in [0.25, 0.3) is 17.0 Å². The van der Waals surface area contributed by atoms with Gasteiger partial charge in [0.25, 0.3) is 0 Å². The molecule has 1 aromatic heterocycles. The molecule has 2 N–H and O–H groups in total. The Balaban J connectivity index is 2.22. The lowest BCUT2D eigenvalue weighted by molar-refractivity contribution is 0.194. The quantitative estimate of drug-likeness (QED) is 0.828. The summed E-state index contributed by atoms with van der Waals surface area (Å²) < 4.78 is 5.57. The van der Waals surface area contributed by atoms with Gasteiger partial charge in [-0.25, -0.2) is 0 Å². The van der Waals surface area contributed by atoms with Gasteiger partial charge in [-0.2, -0.15) is 5.10 Å². The summed E-state index contributed by atoms with van der Waals surface area (Å²) in [6.07, 6.45) is 4.19. The second kappa shape index (κ2) is 3.89. The van der Waals surface area contributed by atoms with E-state index in [1.54, 1.807) is 6.92 Å². The fourth-order valence-corrected chi connectivity index (χ4v) is 2.21. The van der Waals surface area contributed by atoms with E-state index in [0.717, 1.165) is 27.9 Å². The Bertz CT molecular complexity index is 584. The number of nitrogens with one attached hydrogen (secondary N) is 1. The molecule has 1 atom stereocenters. The Labute approximate surface area is 98.9 Å².